The van der Waals surface area contributed by atoms with Gasteiger partial charge in [-0.15, -0.1) is 6.58 Å². The van der Waals surface area contributed by atoms with Crippen LogP contribution in [0.4, 0.5) is 0 Å². The summed E-state index contributed by atoms with van der Waals surface area (Å²) in [5, 5.41) is 15.1. The third kappa shape index (κ3) is 3.49. The molecule has 2 fully saturated rings. The van der Waals surface area contributed by atoms with E-state index in [4.69, 9.17) is 9.88 Å². The van der Waals surface area contributed by atoms with Crippen molar-refractivity contribution in [2.75, 3.05) is 0 Å². The summed E-state index contributed by atoms with van der Waals surface area (Å²) in [4.78, 5) is 12.9. The Morgan fingerprint density at radius 2 is 1.97 bits per heavy atom. The van der Waals surface area contributed by atoms with Crippen molar-refractivity contribution >= 4 is 16.0 Å². The van der Waals surface area contributed by atoms with Gasteiger partial charge in [0.25, 0.3) is 0 Å². The molecule has 0 aliphatic heterocycles. The third-order valence-electron chi connectivity index (χ3n) is 8.98. The Hall–Kier alpha value is -2.60. The van der Waals surface area contributed by atoms with Gasteiger partial charge in [-0.1, -0.05) is 24.3 Å². The van der Waals surface area contributed by atoms with Crippen molar-refractivity contribution in [1.82, 2.24) is 0 Å². The summed E-state index contributed by atoms with van der Waals surface area (Å²) in [6, 6.07) is 5.57. The van der Waals surface area contributed by atoms with Crippen molar-refractivity contribution < 1.29 is 23.1 Å². The molecule has 0 heterocycles. The van der Waals surface area contributed by atoms with E-state index in [2.05, 4.69) is 25.3 Å². The molecule has 3 unspecified atom stereocenters. The predicted octanol–water partition coefficient (Wildman–Crippen LogP) is 4.95. The number of aliphatic hydroxyl groups is 1. The fraction of sp³-hybridized carbons (Fsp3) is 0.481. The van der Waals surface area contributed by atoms with E-state index in [0.717, 1.165) is 38.5 Å². The molecule has 5 rings (SSSR count). The van der Waals surface area contributed by atoms with Gasteiger partial charge in [0, 0.05) is 11.8 Å². The van der Waals surface area contributed by atoms with E-state index in [0.29, 0.717) is 29.6 Å². The largest absolute Gasteiger partial charge is 0.504 e. The average Bonchev–Trinajstić information content (AvgIpc) is 3.14. The van der Waals surface area contributed by atoms with Gasteiger partial charge in [-0.05, 0) is 91.7 Å². The number of hydrogen-bond acceptors (Lipinski definition) is 5. The molecule has 0 spiro atoms. The summed E-state index contributed by atoms with van der Waals surface area (Å²) in [5.41, 5.74) is 5.78. The molecular weight excluding hydrogens is 450 g/mol. The molecule has 7 heteroatoms. The van der Waals surface area contributed by atoms with E-state index < -0.39 is 16.0 Å². The molecule has 3 N–H and O–H groups in total. The van der Waals surface area contributed by atoms with Gasteiger partial charge in [0.15, 0.2) is 0 Å². The van der Waals surface area contributed by atoms with Crippen LogP contribution in [-0.2, 0) is 14.8 Å². The minimum absolute atomic E-state index is 0.0333. The van der Waals surface area contributed by atoms with E-state index in [-0.39, 0.29) is 21.8 Å². The lowest BCUT2D eigenvalue weighted by Gasteiger charge is -2.57. The zero-order chi connectivity index (χ0) is 24.3. The highest BCUT2D eigenvalue weighted by Crippen LogP contribution is 2.67. The third-order valence-corrected chi connectivity index (χ3v) is 9.91. The summed E-state index contributed by atoms with van der Waals surface area (Å²) >= 11 is 0. The number of fused-ring (bicyclic) bond motifs is 4. The number of carbonyl (C=O) groups excluding carboxylic acids is 1. The minimum Gasteiger partial charge on any atom is -0.504 e. The van der Waals surface area contributed by atoms with E-state index in [1.807, 2.05) is 6.08 Å². The maximum absolute atomic E-state index is 13.0. The molecule has 180 valence electrons. The van der Waals surface area contributed by atoms with Crippen LogP contribution in [-0.4, -0.2) is 25.6 Å². The summed E-state index contributed by atoms with van der Waals surface area (Å²) in [5.74, 6) is 0.580. The van der Waals surface area contributed by atoms with Gasteiger partial charge in [0.05, 0.1) is 10.5 Å². The molecule has 4 aliphatic carbocycles. The number of rotatable bonds is 4. The standard InChI is InChI=1S/C27H31NO5S/c1-3-27-15-12-18-16-19(29)6-9-21(18)22(27)13-14-26(2)23(27)10-11-24(26)33-25(30)17-4-7-20(8-5-17)34(28,31)32/h3-5,7-9,22-24,29H,1,10-16H2,2H3,(H2,28,31,32)/t22?,23?,24-,26-,27?/m0/s1. The molecule has 0 amide bonds. The van der Waals surface area contributed by atoms with E-state index >= 15 is 0 Å². The van der Waals surface area contributed by atoms with Crippen molar-refractivity contribution in [1.29, 1.82) is 0 Å². The molecule has 0 radical (unpaired) electrons. The van der Waals surface area contributed by atoms with Gasteiger partial charge < -0.3 is 9.84 Å². The number of aliphatic hydroxyl groups excluding tert-OH is 1. The van der Waals surface area contributed by atoms with Crippen LogP contribution in [0.1, 0.15) is 62.2 Å². The first-order chi connectivity index (χ1) is 16.1. The number of carbonyl (C=O) groups is 1. The van der Waals surface area contributed by atoms with Crippen molar-refractivity contribution in [3.63, 3.8) is 0 Å². The van der Waals surface area contributed by atoms with Crippen LogP contribution < -0.4 is 5.14 Å². The second kappa shape index (κ2) is 7.98. The second-order valence-electron chi connectivity index (χ2n) is 10.5. The Morgan fingerprint density at radius 1 is 1.24 bits per heavy atom. The molecule has 0 aromatic heterocycles. The Bertz CT molecular complexity index is 1250. The first-order valence-electron chi connectivity index (χ1n) is 11.9. The first kappa shape index (κ1) is 23.2. The quantitative estimate of drug-likeness (QED) is 0.360. The summed E-state index contributed by atoms with van der Waals surface area (Å²) in [6.07, 6.45) is 10.2. The zero-order valence-corrected chi connectivity index (χ0v) is 20.2. The Balaban J connectivity index is 1.39. The van der Waals surface area contributed by atoms with E-state index in [1.54, 1.807) is 0 Å². The highest BCUT2D eigenvalue weighted by molar-refractivity contribution is 7.89. The van der Waals surface area contributed by atoms with Crippen LogP contribution in [0.25, 0.3) is 0 Å². The molecule has 4 aliphatic rings. The average molecular weight is 482 g/mol. The van der Waals surface area contributed by atoms with Crippen LogP contribution in [0.5, 0.6) is 0 Å². The number of hydrogen-bond donors (Lipinski definition) is 2. The monoisotopic (exact) mass is 481 g/mol. The molecule has 1 aromatic carbocycles. The lowest BCUT2D eigenvalue weighted by atomic mass is 9.47. The van der Waals surface area contributed by atoms with Crippen LogP contribution in [0.2, 0.25) is 0 Å². The molecule has 5 atom stereocenters. The topological polar surface area (TPSA) is 107 Å². The number of allylic oxidation sites excluding steroid dienone is 3. The Morgan fingerprint density at radius 3 is 2.65 bits per heavy atom. The predicted molar refractivity (Wildman–Crippen MR) is 128 cm³/mol. The zero-order valence-electron chi connectivity index (χ0n) is 19.4. The molecule has 1 aromatic rings. The van der Waals surface area contributed by atoms with Crippen molar-refractivity contribution in [2.45, 2.75) is 62.9 Å². The van der Waals surface area contributed by atoms with Crippen molar-refractivity contribution in [3.8, 4) is 0 Å². The summed E-state index contributed by atoms with van der Waals surface area (Å²) < 4.78 is 29.1. The molecular formula is C27H31NO5S. The molecule has 0 saturated heterocycles. The normalized spacial score (nSPS) is 34.5. The lowest BCUT2D eigenvalue weighted by molar-refractivity contribution is -0.0719. The maximum atomic E-state index is 13.0. The van der Waals surface area contributed by atoms with Gasteiger partial charge in [-0.3, -0.25) is 0 Å². The number of benzene rings is 1. The van der Waals surface area contributed by atoms with Crippen LogP contribution >= 0.6 is 0 Å². The highest BCUT2D eigenvalue weighted by atomic mass is 32.2. The van der Waals surface area contributed by atoms with Crippen LogP contribution in [0, 0.1) is 22.7 Å². The number of sulfonamides is 1. The number of ether oxygens (including phenoxy) is 1. The highest BCUT2D eigenvalue weighted by Gasteiger charge is 2.62. The number of esters is 1. The number of nitrogens with two attached hydrogens (primary N) is 1. The van der Waals surface area contributed by atoms with Gasteiger partial charge in [-0.2, -0.15) is 0 Å². The summed E-state index contributed by atoms with van der Waals surface area (Å²) in [6.45, 7) is 6.54. The fourth-order valence-corrected chi connectivity index (χ4v) is 7.82. The van der Waals surface area contributed by atoms with E-state index in [1.165, 1.54) is 35.4 Å². The number of primary sulfonamides is 1. The van der Waals surface area contributed by atoms with Crippen molar-refractivity contribution in [3.05, 3.63) is 71.2 Å². The molecule has 34 heavy (non-hydrogen) atoms. The lowest BCUT2D eigenvalue weighted by Crippen LogP contribution is -2.52. The minimum atomic E-state index is -3.81. The van der Waals surface area contributed by atoms with E-state index in [9.17, 15) is 18.3 Å². The Labute approximate surface area is 200 Å². The summed E-state index contributed by atoms with van der Waals surface area (Å²) in [7, 11) is -3.81. The molecule has 0 bridgehead atoms. The van der Waals surface area contributed by atoms with Crippen molar-refractivity contribution in [2.24, 2.45) is 27.8 Å². The van der Waals surface area contributed by atoms with Gasteiger partial charge in [0.2, 0.25) is 10.0 Å². The van der Waals surface area contributed by atoms with Crippen LogP contribution in [0.15, 0.2) is 70.5 Å². The SMILES string of the molecule is C=CC12CCC3=C(C=C=C(O)C3)C1CC[C@@]1(C)C2CC[C@@H]1OC(=O)c1ccc(S(N)(=O)=O)cc1. The fourth-order valence-electron chi connectivity index (χ4n) is 7.30. The van der Waals surface area contributed by atoms with Crippen LogP contribution in [0.3, 0.4) is 0 Å². The molecule has 6 nitrogen and oxygen atoms in total. The Kier molecular flexibility index (Phi) is 5.43. The maximum Gasteiger partial charge on any atom is 0.338 e. The van der Waals surface area contributed by atoms with Gasteiger partial charge >= 0.3 is 5.97 Å². The first-order valence-corrected chi connectivity index (χ1v) is 13.5. The molecule has 2 saturated carbocycles. The van der Waals surface area contributed by atoms with Gasteiger partial charge in [0.1, 0.15) is 11.9 Å². The second-order valence-corrected chi connectivity index (χ2v) is 12.0. The smallest absolute Gasteiger partial charge is 0.338 e. The van der Waals surface area contributed by atoms with Gasteiger partial charge in [-0.25, -0.2) is 18.4 Å².